The number of benzene rings is 7. The predicted molar refractivity (Wildman–Crippen MR) is 261 cm³/mol. The van der Waals surface area contributed by atoms with Gasteiger partial charge in [-0.1, -0.05) is 133 Å². The fourth-order valence-electron chi connectivity index (χ4n) is 10.3. The molecule has 2 aliphatic heterocycles. The summed E-state index contributed by atoms with van der Waals surface area (Å²) in [6, 6.07) is 63.1. The van der Waals surface area contributed by atoms with Gasteiger partial charge >= 0.3 is 0 Å². The number of aromatic nitrogens is 2. The van der Waals surface area contributed by atoms with Gasteiger partial charge in [0.15, 0.2) is 0 Å². The van der Waals surface area contributed by atoms with E-state index in [9.17, 15) is 0 Å². The number of para-hydroxylation sites is 4. The number of anilines is 6. The summed E-state index contributed by atoms with van der Waals surface area (Å²) in [6.45, 7) is 16.5. The van der Waals surface area contributed by atoms with Crippen molar-refractivity contribution in [3.63, 3.8) is 0 Å². The molecule has 0 N–H and O–H groups in total. The third-order valence-corrected chi connectivity index (χ3v) is 13.1. The number of nitrogens with zero attached hydrogens (tertiary/aromatic N) is 4. The van der Waals surface area contributed by atoms with Gasteiger partial charge < -0.3 is 18.9 Å². The Morgan fingerprint density at radius 3 is 1.10 bits per heavy atom. The van der Waals surface area contributed by atoms with Crippen LogP contribution in [-0.4, -0.2) is 15.8 Å². The highest BCUT2D eigenvalue weighted by molar-refractivity contribution is 7.00. The van der Waals surface area contributed by atoms with E-state index in [0.717, 1.165) is 22.7 Å². The Hall–Kier alpha value is -6.72. The molecule has 0 saturated carbocycles. The average Bonchev–Trinajstić information content (AvgIpc) is 3.88. The van der Waals surface area contributed by atoms with E-state index in [-0.39, 0.29) is 12.1 Å². The van der Waals surface area contributed by atoms with Crippen LogP contribution in [0.2, 0.25) is 0 Å². The molecule has 11 rings (SSSR count). The molecule has 7 aromatic carbocycles. The SMILES string of the molecule is CC(C)c1cc2c(N(c3ccccc3)c3ccccc3)ccc3c2n1-c1cc(C(C)(C)C)cc2c1B3c1ccc(N(c3ccccc3)c3ccccc3)c3cc(C(C)C)n-2c13. The fraction of sp³-hybridized carbons (Fsp3) is 0.179. The van der Waals surface area contributed by atoms with Crippen molar-refractivity contribution in [3.8, 4) is 11.4 Å². The maximum atomic E-state index is 2.65. The normalized spacial score (nSPS) is 12.8. The van der Waals surface area contributed by atoms with E-state index in [2.05, 4.69) is 237 Å². The lowest BCUT2D eigenvalue weighted by atomic mass is 9.34. The van der Waals surface area contributed by atoms with Gasteiger partial charge in [0.1, 0.15) is 0 Å². The van der Waals surface area contributed by atoms with Gasteiger partial charge in [0, 0.05) is 56.3 Å². The van der Waals surface area contributed by atoms with Crippen LogP contribution in [-0.2, 0) is 5.41 Å². The summed E-state index contributed by atoms with van der Waals surface area (Å²) in [4.78, 5) is 4.88. The van der Waals surface area contributed by atoms with E-state index in [1.165, 1.54) is 77.9 Å². The molecule has 9 aromatic rings. The lowest BCUT2D eigenvalue weighted by Crippen LogP contribution is -2.59. The van der Waals surface area contributed by atoms with Crippen molar-refractivity contribution < 1.29 is 0 Å². The van der Waals surface area contributed by atoms with Gasteiger partial charge in [0.25, 0.3) is 6.71 Å². The monoisotopic (exact) mass is 790 g/mol. The third-order valence-electron chi connectivity index (χ3n) is 13.1. The fourth-order valence-corrected chi connectivity index (χ4v) is 10.3. The molecule has 61 heavy (non-hydrogen) atoms. The summed E-state index contributed by atoms with van der Waals surface area (Å²) >= 11 is 0. The van der Waals surface area contributed by atoms with E-state index in [4.69, 9.17) is 0 Å². The summed E-state index contributed by atoms with van der Waals surface area (Å²) in [5.74, 6) is 0.593. The van der Waals surface area contributed by atoms with Crippen molar-refractivity contribution in [3.05, 3.63) is 187 Å². The maximum Gasteiger partial charge on any atom is 0.252 e. The van der Waals surface area contributed by atoms with Crippen molar-refractivity contribution >= 4 is 79.0 Å². The van der Waals surface area contributed by atoms with Crippen LogP contribution in [0.15, 0.2) is 170 Å². The average molecular weight is 791 g/mol. The summed E-state index contributed by atoms with van der Waals surface area (Å²) in [5.41, 5.74) is 20.3. The van der Waals surface area contributed by atoms with E-state index in [1.807, 2.05) is 0 Å². The smallest absolute Gasteiger partial charge is 0.252 e. The van der Waals surface area contributed by atoms with Gasteiger partial charge in [-0.05, 0) is 124 Å². The van der Waals surface area contributed by atoms with Crippen LogP contribution in [0.25, 0.3) is 33.2 Å². The largest absolute Gasteiger partial charge is 0.314 e. The molecule has 0 radical (unpaired) electrons. The molecule has 0 amide bonds. The molecule has 2 aliphatic rings. The van der Waals surface area contributed by atoms with Crippen LogP contribution < -0.4 is 26.2 Å². The molecule has 4 nitrogen and oxygen atoms in total. The highest BCUT2D eigenvalue weighted by Crippen LogP contribution is 2.46. The second-order valence-corrected chi connectivity index (χ2v) is 18.6. The van der Waals surface area contributed by atoms with E-state index in [1.54, 1.807) is 0 Å². The van der Waals surface area contributed by atoms with Gasteiger partial charge in [0.05, 0.1) is 22.4 Å². The highest BCUT2D eigenvalue weighted by Gasteiger charge is 2.43. The molecule has 0 unspecified atom stereocenters. The minimum Gasteiger partial charge on any atom is -0.314 e. The van der Waals surface area contributed by atoms with Crippen LogP contribution >= 0.6 is 0 Å². The molecular weight excluding hydrogens is 739 g/mol. The molecule has 5 heteroatoms. The molecule has 0 atom stereocenters. The minimum absolute atomic E-state index is 0.0424. The number of hydrogen-bond acceptors (Lipinski definition) is 2. The molecule has 0 saturated heterocycles. The predicted octanol–water partition coefficient (Wildman–Crippen LogP) is 13.2. The molecule has 0 fully saturated rings. The number of hydrogen-bond donors (Lipinski definition) is 0. The van der Waals surface area contributed by atoms with Crippen molar-refractivity contribution in [1.29, 1.82) is 0 Å². The Balaban J connectivity index is 1.26. The molecule has 298 valence electrons. The Morgan fingerprint density at radius 1 is 0.443 bits per heavy atom. The molecule has 2 aromatic heterocycles. The summed E-state index contributed by atoms with van der Waals surface area (Å²) in [5, 5.41) is 2.55. The van der Waals surface area contributed by atoms with Gasteiger partial charge in [-0.25, -0.2) is 0 Å². The van der Waals surface area contributed by atoms with Crippen LogP contribution in [0, 0.1) is 0 Å². The van der Waals surface area contributed by atoms with Crippen LogP contribution in [0.1, 0.15) is 77.3 Å². The second-order valence-electron chi connectivity index (χ2n) is 18.6. The van der Waals surface area contributed by atoms with Gasteiger partial charge in [-0.3, -0.25) is 0 Å². The first-order valence-corrected chi connectivity index (χ1v) is 22.0. The topological polar surface area (TPSA) is 16.3 Å². The standard InChI is InChI=1S/C56H51BN4/c1-36(2)49-34-43-47(58(39-20-12-8-13-21-39)40-22-14-9-15-23-40)30-28-45-54(43)60(49)51-32-38(56(5,6)7)33-52-53(51)57(45)46-29-31-48(44-35-50(37(3)4)61(52)55(44)46)59(41-24-16-10-17-25-41)42-26-18-11-19-27-42/h8-37H,1-7H3. The van der Waals surface area contributed by atoms with Crippen molar-refractivity contribution in [2.24, 2.45) is 0 Å². The van der Waals surface area contributed by atoms with E-state index >= 15 is 0 Å². The maximum absolute atomic E-state index is 2.65. The van der Waals surface area contributed by atoms with Crippen LogP contribution in [0.3, 0.4) is 0 Å². The summed E-state index contributed by atoms with van der Waals surface area (Å²) in [6.07, 6.45) is 0. The zero-order valence-corrected chi connectivity index (χ0v) is 36.2. The zero-order chi connectivity index (χ0) is 41.7. The van der Waals surface area contributed by atoms with E-state index < -0.39 is 0 Å². The summed E-state index contributed by atoms with van der Waals surface area (Å²) in [7, 11) is 0. The van der Waals surface area contributed by atoms with Crippen molar-refractivity contribution in [2.45, 2.75) is 65.7 Å². The van der Waals surface area contributed by atoms with Gasteiger partial charge in [0.2, 0.25) is 0 Å². The van der Waals surface area contributed by atoms with Crippen molar-refractivity contribution in [1.82, 2.24) is 9.13 Å². The van der Waals surface area contributed by atoms with Gasteiger partial charge in [-0.15, -0.1) is 0 Å². The molecule has 4 heterocycles. The number of fused-ring (bicyclic) bond motifs is 4. The minimum atomic E-state index is -0.0748. The Kier molecular flexibility index (Phi) is 8.51. The van der Waals surface area contributed by atoms with Crippen LogP contribution in [0.4, 0.5) is 34.1 Å². The molecule has 0 bridgehead atoms. The number of rotatable bonds is 8. The zero-order valence-electron chi connectivity index (χ0n) is 36.2. The summed E-state index contributed by atoms with van der Waals surface area (Å²) < 4.78 is 5.30. The Labute approximate surface area is 360 Å². The van der Waals surface area contributed by atoms with E-state index in [0.29, 0.717) is 11.8 Å². The molecule has 0 aliphatic carbocycles. The third kappa shape index (κ3) is 5.67. The van der Waals surface area contributed by atoms with Crippen LogP contribution in [0.5, 0.6) is 0 Å². The van der Waals surface area contributed by atoms with Gasteiger partial charge in [-0.2, -0.15) is 0 Å². The lowest BCUT2D eigenvalue weighted by molar-refractivity contribution is 0.589. The molecular formula is C56H51BN4. The Morgan fingerprint density at radius 2 is 0.787 bits per heavy atom. The van der Waals surface area contributed by atoms with Crippen molar-refractivity contribution in [2.75, 3.05) is 9.80 Å². The first kappa shape index (κ1) is 37.3. The quantitative estimate of drug-likeness (QED) is 0.143. The second kappa shape index (κ2) is 13.9. The Bertz CT molecular complexity index is 2840. The first-order chi connectivity index (χ1) is 29.6. The highest BCUT2D eigenvalue weighted by atomic mass is 15.2. The first-order valence-electron chi connectivity index (χ1n) is 22.0. The molecule has 0 spiro atoms. The lowest BCUT2D eigenvalue weighted by Gasteiger charge is -2.37.